The molecule has 0 spiro atoms. The fourth-order valence-corrected chi connectivity index (χ4v) is 1.85. The molecule has 1 rings (SSSR count). The summed E-state index contributed by atoms with van der Waals surface area (Å²) in [5.41, 5.74) is 5.38. The summed E-state index contributed by atoms with van der Waals surface area (Å²) in [4.78, 5) is 13.8. The molecule has 2 N–H and O–H groups in total. The van der Waals surface area contributed by atoms with Gasteiger partial charge in [-0.1, -0.05) is 19.9 Å². The number of rotatable bonds is 5. The van der Waals surface area contributed by atoms with Crippen LogP contribution in [0.25, 0.3) is 0 Å². The minimum absolute atomic E-state index is 0. The van der Waals surface area contributed by atoms with E-state index >= 15 is 0 Å². The van der Waals surface area contributed by atoms with Crippen molar-refractivity contribution in [1.82, 2.24) is 4.90 Å². The lowest BCUT2D eigenvalue weighted by atomic mass is 9.93. The normalized spacial score (nSPS) is 10.7. The van der Waals surface area contributed by atoms with Gasteiger partial charge in [-0.05, 0) is 24.1 Å². The number of hydrogen-bond donors (Lipinski definition) is 1. The highest BCUT2D eigenvalue weighted by Crippen LogP contribution is 2.24. The molecule has 0 aliphatic carbocycles. The van der Waals surface area contributed by atoms with Gasteiger partial charge < -0.3 is 15.4 Å². The molecule has 0 bridgehead atoms. The van der Waals surface area contributed by atoms with Gasteiger partial charge in [0.15, 0.2) is 0 Å². The Morgan fingerprint density at radius 3 is 2.55 bits per heavy atom. The van der Waals surface area contributed by atoms with Crippen molar-refractivity contribution in [1.29, 1.82) is 0 Å². The molecule has 0 saturated carbocycles. The SMILES string of the molecule is COc1cccc(F)c1C(=O)N(C)CC(C)(C)CN.Cl. The van der Waals surface area contributed by atoms with Crippen molar-refractivity contribution in [2.24, 2.45) is 11.1 Å². The van der Waals surface area contributed by atoms with Crippen molar-refractivity contribution in [2.45, 2.75) is 13.8 Å². The summed E-state index contributed by atoms with van der Waals surface area (Å²) >= 11 is 0. The summed E-state index contributed by atoms with van der Waals surface area (Å²) in [6.45, 7) is 4.80. The first-order valence-electron chi connectivity index (χ1n) is 6.10. The van der Waals surface area contributed by atoms with Crippen LogP contribution in [-0.4, -0.2) is 38.1 Å². The number of amides is 1. The summed E-state index contributed by atoms with van der Waals surface area (Å²) in [7, 11) is 3.04. The third-order valence-corrected chi connectivity index (χ3v) is 2.97. The van der Waals surface area contributed by atoms with Crippen molar-refractivity contribution in [2.75, 3.05) is 27.2 Å². The molecule has 1 aromatic carbocycles. The van der Waals surface area contributed by atoms with Crippen LogP contribution in [-0.2, 0) is 0 Å². The molecule has 6 heteroatoms. The van der Waals surface area contributed by atoms with Crippen LogP contribution in [0.3, 0.4) is 0 Å². The van der Waals surface area contributed by atoms with E-state index in [0.29, 0.717) is 13.1 Å². The third-order valence-electron chi connectivity index (χ3n) is 2.97. The Labute approximate surface area is 125 Å². The summed E-state index contributed by atoms with van der Waals surface area (Å²) in [6, 6.07) is 4.32. The van der Waals surface area contributed by atoms with Gasteiger partial charge in [0.2, 0.25) is 0 Å². The summed E-state index contributed by atoms with van der Waals surface area (Å²) < 4.78 is 18.9. The molecule has 20 heavy (non-hydrogen) atoms. The van der Waals surface area contributed by atoms with Crippen molar-refractivity contribution in [3.8, 4) is 5.75 Å². The summed E-state index contributed by atoms with van der Waals surface area (Å²) in [6.07, 6.45) is 0. The van der Waals surface area contributed by atoms with Gasteiger partial charge in [-0.15, -0.1) is 12.4 Å². The number of hydrogen-bond acceptors (Lipinski definition) is 3. The predicted octanol–water partition coefficient (Wildman–Crippen LogP) is 2.31. The first-order valence-corrected chi connectivity index (χ1v) is 6.10. The number of ether oxygens (including phenoxy) is 1. The first-order chi connectivity index (χ1) is 8.82. The van der Waals surface area contributed by atoms with Gasteiger partial charge in [-0.3, -0.25) is 4.79 Å². The molecule has 0 saturated heterocycles. The second-order valence-corrected chi connectivity index (χ2v) is 5.35. The smallest absolute Gasteiger partial charge is 0.260 e. The highest BCUT2D eigenvalue weighted by atomic mass is 35.5. The average Bonchev–Trinajstić information content (AvgIpc) is 2.37. The molecular formula is C14H22ClFN2O2. The van der Waals surface area contributed by atoms with E-state index in [-0.39, 0.29) is 29.1 Å². The van der Waals surface area contributed by atoms with Crippen LogP contribution in [0.5, 0.6) is 5.75 Å². The fraction of sp³-hybridized carbons (Fsp3) is 0.500. The predicted molar refractivity (Wildman–Crippen MR) is 80.0 cm³/mol. The van der Waals surface area contributed by atoms with Gasteiger partial charge in [-0.2, -0.15) is 0 Å². The molecule has 0 heterocycles. The van der Waals surface area contributed by atoms with Crippen LogP contribution in [0.15, 0.2) is 18.2 Å². The zero-order chi connectivity index (χ0) is 14.6. The Kier molecular flexibility index (Phi) is 6.96. The van der Waals surface area contributed by atoms with E-state index in [1.165, 1.54) is 24.1 Å². The number of halogens is 2. The maximum Gasteiger partial charge on any atom is 0.260 e. The van der Waals surface area contributed by atoms with Gasteiger partial charge in [0, 0.05) is 13.6 Å². The van der Waals surface area contributed by atoms with Crippen molar-refractivity contribution < 1.29 is 13.9 Å². The van der Waals surface area contributed by atoms with Gasteiger partial charge in [0.1, 0.15) is 17.1 Å². The zero-order valence-corrected chi connectivity index (χ0v) is 13.1. The van der Waals surface area contributed by atoms with Crippen molar-refractivity contribution in [3.05, 3.63) is 29.6 Å². The van der Waals surface area contributed by atoms with E-state index in [1.54, 1.807) is 13.1 Å². The topological polar surface area (TPSA) is 55.6 Å². The Bertz CT molecular complexity index is 466. The van der Waals surface area contributed by atoms with E-state index in [4.69, 9.17) is 10.5 Å². The maximum atomic E-state index is 13.8. The highest BCUT2D eigenvalue weighted by molar-refractivity contribution is 5.97. The van der Waals surface area contributed by atoms with Gasteiger partial charge in [-0.25, -0.2) is 4.39 Å². The monoisotopic (exact) mass is 304 g/mol. The second kappa shape index (κ2) is 7.45. The molecule has 0 fully saturated rings. The van der Waals surface area contributed by atoms with Crippen LogP contribution in [0, 0.1) is 11.2 Å². The largest absolute Gasteiger partial charge is 0.496 e. The standard InChI is InChI=1S/C14H21FN2O2.ClH/c1-14(2,8-16)9-17(3)13(18)12-10(15)6-5-7-11(12)19-4;/h5-7H,8-9,16H2,1-4H3;1H. The number of nitrogens with zero attached hydrogens (tertiary/aromatic N) is 1. The molecule has 0 radical (unpaired) electrons. The lowest BCUT2D eigenvalue weighted by molar-refractivity contribution is 0.0732. The Hall–Kier alpha value is -1.33. The number of benzene rings is 1. The number of methoxy groups -OCH3 is 1. The Morgan fingerprint density at radius 1 is 1.45 bits per heavy atom. The lowest BCUT2D eigenvalue weighted by Crippen LogP contribution is -2.40. The summed E-state index contributed by atoms with van der Waals surface area (Å²) in [5.74, 6) is -0.749. The molecule has 0 aliphatic rings. The number of nitrogens with two attached hydrogens (primary N) is 1. The van der Waals surface area contributed by atoms with E-state index < -0.39 is 11.7 Å². The minimum Gasteiger partial charge on any atom is -0.496 e. The van der Waals surface area contributed by atoms with E-state index in [0.717, 1.165) is 0 Å². The molecule has 0 atom stereocenters. The van der Waals surface area contributed by atoms with E-state index in [9.17, 15) is 9.18 Å². The molecule has 1 aromatic rings. The number of carbonyl (C=O) groups excluding carboxylic acids is 1. The van der Waals surface area contributed by atoms with Crippen LogP contribution >= 0.6 is 12.4 Å². The minimum atomic E-state index is -0.582. The van der Waals surface area contributed by atoms with Crippen LogP contribution in [0.2, 0.25) is 0 Å². The highest BCUT2D eigenvalue weighted by Gasteiger charge is 2.25. The number of carbonyl (C=O) groups is 1. The van der Waals surface area contributed by atoms with Gasteiger partial charge >= 0.3 is 0 Å². The van der Waals surface area contributed by atoms with E-state index in [2.05, 4.69) is 0 Å². The van der Waals surface area contributed by atoms with Gasteiger partial charge in [0.05, 0.1) is 7.11 Å². The van der Waals surface area contributed by atoms with E-state index in [1.807, 2.05) is 13.8 Å². The second-order valence-electron chi connectivity index (χ2n) is 5.35. The van der Waals surface area contributed by atoms with Gasteiger partial charge in [0.25, 0.3) is 5.91 Å². The summed E-state index contributed by atoms with van der Waals surface area (Å²) in [5, 5.41) is 0. The first kappa shape index (κ1) is 18.7. The molecule has 4 nitrogen and oxygen atoms in total. The quantitative estimate of drug-likeness (QED) is 0.908. The molecule has 1 amide bonds. The molecule has 0 aliphatic heterocycles. The van der Waals surface area contributed by atoms with Crippen LogP contribution < -0.4 is 10.5 Å². The van der Waals surface area contributed by atoms with Crippen LogP contribution in [0.4, 0.5) is 4.39 Å². The zero-order valence-electron chi connectivity index (χ0n) is 12.3. The molecule has 0 aromatic heterocycles. The Balaban J connectivity index is 0.00000361. The molecule has 0 unspecified atom stereocenters. The average molecular weight is 305 g/mol. The maximum absolute atomic E-state index is 13.8. The van der Waals surface area contributed by atoms with Crippen LogP contribution in [0.1, 0.15) is 24.2 Å². The fourth-order valence-electron chi connectivity index (χ4n) is 1.85. The molecular weight excluding hydrogens is 283 g/mol. The Morgan fingerprint density at radius 2 is 2.05 bits per heavy atom. The third kappa shape index (κ3) is 4.35. The van der Waals surface area contributed by atoms with Crippen molar-refractivity contribution >= 4 is 18.3 Å². The lowest BCUT2D eigenvalue weighted by Gasteiger charge is -2.29. The van der Waals surface area contributed by atoms with Crippen molar-refractivity contribution in [3.63, 3.8) is 0 Å². The molecule has 114 valence electrons.